The quantitative estimate of drug-likeness (QED) is 0.273. The van der Waals surface area contributed by atoms with Crippen molar-refractivity contribution in [3.8, 4) is 0 Å². The minimum absolute atomic E-state index is 0. The fourth-order valence-corrected chi connectivity index (χ4v) is 0. The number of rotatable bonds is 0. The first-order valence-electron chi connectivity index (χ1n) is 0.894. The summed E-state index contributed by atoms with van der Waals surface area (Å²) in [6.45, 7) is 0. The number of hydrogen-bond acceptors (Lipinski definition) is 4. The van der Waals surface area contributed by atoms with Crippen molar-refractivity contribution in [3.63, 3.8) is 0 Å². The zero-order valence-corrected chi connectivity index (χ0v) is 11.6. The zero-order valence-electron chi connectivity index (χ0n) is 3.70. The van der Waals surface area contributed by atoms with Gasteiger partial charge in [0, 0.05) is 0 Å². The van der Waals surface area contributed by atoms with E-state index in [1.165, 1.54) is 0 Å². The molecule has 0 aliphatic carbocycles. The van der Waals surface area contributed by atoms with Gasteiger partial charge in [-0.3, -0.25) is 0 Å². The molecule has 0 saturated heterocycles. The normalized spacial score (nSPS) is 8.57. The topological polar surface area (TPSA) is 80.9 Å². The third kappa shape index (κ3) is 109. The molecule has 7 heteroatoms. The molecule has 0 saturated carbocycles. The van der Waals surface area contributed by atoms with Crippen molar-refractivity contribution >= 4 is 46.2 Å². The Morgan fingerprint density at radius 3 is 0.857 bits per heavy atom. The second-order valence-corrected chi connectivity index (χ2v) is 1.80. The molecule has 7 heavy (non-hydrogen) atoms. The van der Waals surface area contributed by atoms with E-state index in [1.54, 1.807) is 0 Å². The van der Waals surface area contributed by atoms with Gasteiger partial charge in [-0.1, -0.05) is 0 Å². The van der Waals surface area contributed by atoms with Gasteiger partial charge in [-0.2, -0.15) is 9.90 Å². The Bertz CT molecular complexity index is 27.2. The summed E-state index contributed by atoms with van der Waals surface area (Å²) in [5.74, 6) is 0. The van der Waals surface area contributed by atoms with Crippen LogP contribution in [0.25, 0.3) is 0 Å². The molecule has 0 heterocycles. The average Bonchev–Trinajstić information content (AvgIpc) is 0.722. The van der Waals surface area contributed by atoms with Gasteiger partial charge in [-0.25, -0.2) is 0 Å². The molecule has 4 N–H and O–H groups in total. The van der Waals surface area contributed by atoms with Crippen LogP contribution in [0.15, 0.2) is 0 Å². The van der Waals surface area contributed by atoms with Crippen molar-refractivity contribution in [2.45, 2.75) is 0 Å². The summed E-state index contributed by atoms with van der Waals surface area (Å²) in [5, 5.41) is 0. The van der Waals surface area contributed by atoms with E-state index in [2.05, 4.69) is 0 Å². The molecule has 0 aromatic rings. The van der Waals surface area contributed by atoms with Crippen LogP contribution in [0.2, 0.25) is 0 Å². The van der Waals surface area contributed by atoms with Crippen LogP contribution in [0.3, 0.4) is 0 Å². The van der Waals surface area contributed by atoms with E-state index >= 15 is 0 Å². The second-order valence-electron chi connectivity index (χ2n) is 0.600. The van der Waals surface area contributed by atoms with E-state index in [4.69, 9.17) is 19.2 Å². The van der Waals surface area contributed by atoms with Crippen LogP contribution in [-0.4, -0.2) is 55.5 Å². The predicted molar refractivity (Wildman–Crippen MR) is 34.3 cm³/mol. The summed E-state index contributed by atoms with van der Waals surface area (Å²) in [7, 11) is -4.61. The fraction of sp³-hybridized carbons (Fsp3) is 0. The van der Waals surface area contributed by atoms with Crippen molar-refractivity contribution in [1.29, 1.82) is 0 Å². The van der Waals surface area contributed by atoms with Gasteiger partial charge in [-0.15, -0.1) is 0 Å². The van der Waals surface area contributed by atoms with Gasteiger partial charge in [0.2, 0.25) is 0 Å². The molecule has 0 bridgehead atoms. The molecule has 0 fully saturated rings. The molecule has 0 rings (SSSR count). The first-order chi connectivity index (χ1) is 2.00. The zero-order chi connectivity index (χ0) is 4.50. The molecule has 2 radical (unpaired) electrons. The molecule has 0 aromatic carbocycles. The Balaban J connectivity index is -0.0000000800. The van der Waals surface area contributed by atoms with Crippen LogP contribution in [0.4, 0.5) is 0 Å². The number of hydrogen-bond donors (Lipinski definition) is 4. The van der Waals surface area contributed by atoms with E-state index in [9.17, 15) is 0 Å². The van der Waals surface area contributed by atoms with E-state index in [0.29, 0.717) is 0 Å². The van der Waals surface area contributed by atoms with Crippen molar-refractivity contribution in [2.75, 3.05) is 0 Å². The molecular formula is H9O4PPbSi. The summed E-state index contributed by atoms with van der Waals surface area (Å²) in [4.78, 5) is 29.3. The summed E-state index contributed by atoms with van der Waals surface area (Å²) in [6, 6.07) is 0. The van der Waals surface area contributed by atoms with E-state index in [1.807, 2.05) is 0 Å². The molecule has 0 aromatic heterocycles. The van der Waals surface area contributed by atoms with Gasteiger partial charge in [0.25, 0.3) is 0 Å². The molecule has 0 aliphatic rings. The maximum atomic E-state index is 7.33. The second kappa shape index (κ2) is 5.54. The van der Waals surface area contributed by atoms with Crippen LogP contribution < -0.4 is 0 Å². The molecule has 1 unspecified atom stereocenters. The van der Waals surface area contributed by atoms with Crippen LogP contribution in [0.1, 0.15) is 0 Å². The molecule has 4 nitrogen and oxygen atoms in total. The summed E-state index contributed by atoms with van der Waals surface area (Å²) < 4.78 is 0. The van der Waals surface area contributed by atoms with Crippen molar-refractivity contribution in [1.82, 2.24) is 0 Å². The van der Waals surface area contributed by atoms with Crippen LogP contribution in [0.5, 0.6) is 0 Å². The molecule has 46 valence electrons. The first kappa shape index (κ1) is 15.8. The molecule has 0 aliphatic heterocycles. The average molecular weight is 339 g/mol. The molecule has 0 spiro atoms. The van der Waals surface area contributed by atoms with Gasteiger partial charge >= 0.3 is 36.3 Å². The summed E-state index contributed by atoms with van der Waals surface area (Å²) >= 11 is 0. The third-order valence-electron chi connectivity index (χ3n) is 0. The Morgan fingerprint density at radius 1 is 0.857 bits per heavy atom. The third-order valence-corrected chi connectivity index (χ3v) is 0. The Kier molecular flexibility index (Phi) is 12.5. The Morgan fingerprint density at radius 2 is 0.857 bits per heavy atom. The Hall–Kier alpha value is 1.41. The van der Waals surface area contributed by atoms with Gasteiger partial charge < -0.3 is 19.2 Å². The summed E-state index contributed by atoms with van der Waals surface area (Å²) in [5.41, 5.74) is 0. The van der Waals surface area contributed by atoms with Crippen molar-refractivity contribution in [2.24, 2.45) is 0 Å². The van der Waals surface area contributed by atoms with Gasteiger partial charge in [-0.05, 0) is 0 Å². The summed E-state index contributed by atoms with van der Waals surface area (Å²) in [6.07, 6.45) is 0. The van der Waals surface area contributed by atoms with E-state index in [-0.39, 0.29) is 37.2 Å². The van der Waals surface area contributed by atoms with Gasteiger partial charge in [0.05, 0.1) is 0 Å². The van der Waals surface area contributed by atoms with Gasteiger partial charge in [0.1, 0.15) is 0 Å². The van der Waals surface area contributed by atoms with Crippen LogP contribution in [-0.2, 0) is 0 Å². The van der Waals surface area contributed by atoms with Gasteiger partial charge in [0.15, 0.2) is 0 Å². The Labute approximate surface area is 65.5 Å². The monoisotopic (exact) mass is 340 g/mol. The SMILES string of the molecule is O[Si](O)(O)O.P.[PbH2]. The van der Waals surface area contributed by atoms with Crippen molar-refractivity contribution < 1.29 is 19.2 Å². The van der Waals surface area contributed by atoms with E-state index in [0.717, 1.165) is 0 Å². The molecule has 1 atom stereocenters. The maximum absolute atomic E-state index is 7.33. The molecular weight excluding hydrogens is 330 g/mol. The minimum atomic E-state index is -4.61. The van der Waals surface area contributed by atoms with Crippen LogP contribution >= 0.6 is 9.90 Å². The first-order valence-corrected chi connectivity index (χ1v) is 2.68. The molecule has 0 amide bonds. The predicted octanol–water partition coefficient (Wildman–Crippen LogP) is -3.47. The van der Waals surface area contributed by atoms with Crippen LogP contribution in [0, 0.1) is 0 Å². The fourth-order valence-electron chi connectivity index (χ4n) is 0. The standard InChI is InChI=1S/H4O4Si.H3P.Pb.2H/c1-5(2,3)4;;;;/h1-4H;1H3;;;. The van der Waals surface area contributed by atoms with E-state index < -0.39 is 9.05 Å². The van der Waals surface area contributed by atoms with Crippen molar-refractivity contribution in [3.05, 3.63) is 0 Å².